The van der Waals surface area contributed by atoms with Gasteiger partial charge in [0.25, 0.3) is 5.91 Å². The normalized spacial score (nSPS) is 15.8. The molecule has 1 N–H and O–H groups in total. The second kappa shape index (κ2) is 9.11. The van der Waals surface area contributed by atoms with Crippen molar-refractivity contribution in [2.24, 2.45) is 0 Å². The number of esters is 1. The van der Waals surface area contributed by atoms with Crippen molar-refractivity contribution in [3.63, 3.8) is 0 Å². The Morgan fingerprint density at radius 2 is 1.92 bits per heavy atom. The molecule has 0 saturated heterocycles. The van der Waals surface area contributed by atoms with Crippen molar-refractivity contribution in [3.8, 4) is 11.5 Å². The van der Waals surface area contributed by atoms with Crippen molar-refractivity contribution < 1.29 is 23.8 Å². The molecular formula is C19H25NO5. The van der Waals surface area contributed by atoms with Crippen molar-refractivity contribution in [1.29, 1.82) is 0 Å². The highest BCUT2D eigenvalue weighted by atomic mass is 16.5. The maximum absolute atomic E-state index is 12.0. The van der Waals surface area contributed by atoms with Crippen LogP contribution in [-0.2, 0) is 14.3 Å². The third kappa shape index (κ3) is 5.52. The van der Waals surface area contributed by atoms with E-state index in [-0.39, 0.29) is 11.9 Å². The van der Waals surface area contributed by atoms with E-state index in [9.17, 15) is 9.59 Å². The fourth-order valence-electron chi connectivity index (χ4n) is 2.78. The molecule has 0 aliphatic heterocycles. The Morgan fingerprint density at radius 1 is 1.20 bits per heavy atom. The highest BCUT2D eigenvalue weighted by Crippen LogP contribution is 2.25. The van der Waals surface area contributed by atoms with Crippen molar-refractivity contribution in [1.82, 2.24) is 5.32 Å². The molecule has 1 aromatic rings. The Bertz CT molecular complexity index is 635. The summed E-state index contributed by atoms with van der Waals surface area (Å²) in [5.74, 6) is 0.418. The number of amides is 1. The van der Waals surface area contributed by atoms with Crippen molar-refractivity contribution in [2.75, 3.05) is 14.2 Å². The minimum Gasteiger partial charge on any atom is -0.497 e. The molecule has 0 radical (unpaired) electrons. The molecule has 1 saturated carbocycles. The second-order valence-electron chi connectivity index (χ2n) is 6.01. The van der Waals surface area contributed by atoms with E-state index in [0.29, 0.717) is 17.1 Å². The zero-order chi connectivity index (χ0) is 18.2. The number of carbonyl (C=O) groups excluding carboxylic acids is 2. The van der Waals surface area contributed by atoms with E-state index in [1.54, 1.807) is 45.4 Å². The van der Waals surface area contributed by atoms with Gasteiger partial charge in [0.1, 0.15) is 11.5 Å². The van der Waals surface area contributed by atoms with Crippen LogP contribution >= 0.6 is 0 Å². The molecule has 0 spiro atoms. The number of benzene rings is 1. The Labute approximate surface area is 148 Å². The topological polar surface area (TPSA) is 73.9 Å². The Morgan fingerprint density at radius 3 is 2.56 bits per heavy atom. The van der Waals surface area contributed by atoms with Crippen LogP contribution in [0.3, 0.4) is 0 Å². The quantitative estimate of drug-likeness (QED) is 0.606. The van der Waals surface area contributed by atoms with E-state index in [1.807, 2.05) is 0 Å². The predicted molar refractivity (Wildman–Crippen MR) is 94.5 cm³/mol. The zero-order valence-electron chi connectivity index (χ0n) is 14.9. The molecule has 25 heavy (non-hydrogen) atoms. The fourth-order valence-corrected chi connectivity index (χ4v) is 2.78. The predicted octanol–water partition coefficient (Wildman–Crippen LogP) is 2.71. The van der Waals surface area contributed by atoms with Crippen molar-refractivity contribution in [2.45, 2.75) is 44.8 Å². The van der Waals surface area contributed by atoms with Gasteiger partial charge in [0.05, 0.1) is 14.2 Å². The first-order valence-corrected chi connectivity index (χ1v) is 8.44. The van der Waals surface area contributed by atoms with Gasteiger partial charge < -0.3 is 19.5 Å². The van der Waals surface area contributed by atoms with Gasteiger partial charge in [0.2, 0.25) is 0 Å². The van der Waals surface area contributed by atoms with Gasteiger partial charge >= 0.3 is 5.97 Å². The minimum absolute atomic E-state index is 0.199. The van der Waals surface area contributed by atoms with E-state index >= 15 is 0 Å². The van der Waals surface area contributed by atoms with Gasteiger partial charge in [-0.15, -0.1) is 0 Å². The molecule has 6 nitrogen and oxygen atoms in total. The molecule has 0 bridgehead atoms. The number of rotatable bonds is 7. The van der Waals surface area contributed by atoms with Crippen LogP contribution in [0.4, 0.5) is 0 Å². The molecule has 136 valence electrons. The molecule has 1 atom stereocenters. The Hall–Kier alpha value is -2.50. The number of carbonyl (C=O) groups is 2. The molecule has 0 aromatic heterocycles. The number of hydrogen-bond acceptors (Lipinski definition) is 5. The highest BCUT2D eigenvalue weighted by Gasteiger charge is 2.22. The largest absolute Gasteiger partial charge is 0.497 e. The van der Waals surface area contributed by atoms with E-state index in [1.165, 1.54) is 6.08 Å². The lowest BCUT2D eigenvalue weighted by molar-refractivity contribution is -0.150. The Balaban J connectivity index is 1.92. The number of hydrogen-bond donors (Lipinski definition) is 1. The van der Waals surface area contributed by atoms with E-state index in [2.05, 4.69) is 5.32 Å². The first-order chi connectivity index (χ1) is 12.0. The fraction of sp³-hybridized carbons (Fsp3) is 0.474. The molecule has 1 unspecified atom stereocenters. The molecule has 0 heterocycles. The minimum atomic E-state index is -0.829. The SMILES string of the molecule is COc1ccc(OC)c(/C=C/C(=O)OC(C)C(=O)NC2CCCC2)c1. The molecule has 2 rings (SSSR count). The van der Waals surface area contributed by atoms with Gasteiger partial charge in [-0.25, -0.2) is 4.79 Å². The number of methoxy groups -OCH3 is 2. The summed E-state index contributed by atoms with van der Waals surface area (Å²) in [5, 5.41) is 2.91. The molecule has 1 fully saturated rings. The first kappa shape index (κ1) is 18.8. The van der Waals surface area contributed by atoms with E-state index in [4.69, 9.17) is 14.2 Å². The van der Waals surface area contributed by atoms with Gasteiger partial charge in [-0.2, -0.15) is 0 Å². The molecular weight excluding hydrogens is 322 g/mol. The van der Waals surface area contributed by atoms with Gasteiger partial charge in [-0.05, 0) is 44.0 Å². The molecule has 1 aliphatic carbocycles. The summed E-state index contributed by atoms with van der Waals surface area (Å²) in [6.07, 6.45) is 6.25. The van der Waals surface area contributed by atoms with Crippen LogP contribution in [0.5, 0.6) is 11.5 Å². The zero-order valence-corrected chi connectivity index (χ0v) is 14.9. The lowest BCUT2D eigenvalue weighted by atomic mass is 10.1. The number of ether oxygens (including phenoxy) is 3. The van der Waals surface area contributed by atoms with Crippen LogP contribution in [0.2, 0.25) is 0 Å². The summed E-state index contributed by atoms with van der Waals surface area (Å²) in [5.41, 5.74) is 0.682. The van der Waals surface area contributed by atoms with Crippen molar-refractivity contribution >= 4 is 18.0 Å². The summed E-state index contributed by atoms with van der Waals surface area (Å²) in [6, 6.07) is 5.47. The standard InChI is InChI=1S/C19H25NO5/c1-13(19(22)20-15-6-4-5-7-15)25-18(21)11-8-14-12-16(23-2)9-10-17(14)24-3/h8-13,15H,4-7H2,1-3H3,(H,20,22)/b11-8+. The third-order valence-corrected chi connectivity index (χ3v) is 4.20. The van der Waals surface area contributed by atoms with Gasteiger partial charge in [-0.3, -0.25) is 4.79 Å². The van der Waals surface area contributed by atoms with Crippen LogP contribution in [0.25, 0.3) is 6.08 Å². The summed E-state index contributed by atoms with van der Waals surface area (Å²) in [7, 11) is 3.11. The highest BCUT2D eigenvalue weighted by molar-refractivity contribution is 5.90. The smallest absolute Gasteiger partial charge is 0.331 e. The molecule has 1 aromatic carbocycles. The number of nitrogens with one attached hydrogen (secondary N) is 1. The monoisotopic (exact) mass is 347 g/mol. The van der Waals surface area contributed by atoms with Crippen LogP contribution < -0.4 is 14.8 Å². The average Bonchev–Trinajstić information content (AvgIpc) is 3.12. The van der Waals surface area contributed by atoms with E-state index < -0.39 is 12.1 Å². The summed E-state index contributed by atoms with van der Waals surface area (Å²) < 4.78 is 15.6. The van der Waals surface area contributed by atoms with Gasteiger partial charge in [-0.1, -0.05) is 12.8 Å². The van der Waals surface area contributed by atoms with Crippen molar-refractivity contribution in [3.05, 3.63) is 29.8 Å². The lowest BCUT2D eigenvalue weighted by Gasteiger charge is -2.16. The van der Waals surface area contributed by atoms with Gasteiger partial charge in [0.15, 0.2) is 6.10 Å². The van der Waals surface area contributed by atoms with E-state index in [0.717, 1.165) is 25.7 Å². The summed E-state index contributed by atoms with van der Waals surface area (Å²) >= 11 is 0. The van der Waals surface area contributed by atoms with Crippen LogP contribution in [-0.4, -0.2) is 38.2 Å². The van der Waals surface area contributed by atoms with Crippen LogP contribution in [0.15, 0.2) is 24.3 Å². The van der Waals surface area contributed by atoms with Crippen LogP contribution in [0, 0.1) is 0 Å². The second-order valence-corrected chi connectivity index (χ2v) is 6.01. The van der Waals surface area contributed by atoms with Gasteiger partial charge in [0, 0.05) is 17.7 Å². The van der Waals surface area contributed by atoms with Crippen LogP contribution in [0.1, 0.15) is 38.2 Å². The third-order valence-electron chi connectivity index (χ3n) is 4.20. The first-order valence-electron chi connectivity index (χ1n) is 8.44. The maximum Gasteiger partial charge on any atom is 0.331 e. The molecule has 1 amide bonds. The maximum atomic E-state index is 12.0. The molecule has 6 heteroatoms. The Kier molecular flexibility index (Phi) is 6.86. The average molecular weight is 347 g/mol. The molecule has 1 aliphatic rings. The summed E-state index contributed by atoms with van der Waals surface area (Å²) in [6.45, 7) is 1.57. The summed E-state index contributed by atoms with van der Waals surface area (Å²) in [4.78, 5) is 24.0. The lowest BCUT2D eigenvalue weighted by Crippen LogP contribution is -2.40.